The number of hydrogen-bond donors (Lipinski definition) is 0. The maximum Gasteiger partial charge on any atom is 0.254 e. The highest BCUT2D eigenvalue weighted by molar-refractivity contribution is 5.96. The van der Waals surface area contributed by atoms with Gasteiger partial charge in [0.15, 0.2) is 5.79 Å². The van der Waals surface area contributed by atoms with Crippen LogP contribution < -0.4 is 0 Å². The van der Waals surface area contributed by atoms with Crippen LogP contribution in [0.4, 0.5) is 0 Å². The zero-order valence-electron chi connectivity index (χ0n) is 12.1. The Labute approximate surface area is 119 Å². The Morgan fingerprint density at radius 3 is 2.50 bits per heavy atom. The van der Waals surface area contributed by atoms with Crippen molar-refractivity contribution < 1.29 is 14.3 Å². The van der Waals surface area contributed by atoms with Gasteiger partial charge in [-0.05, 0) is 38.3 Å². The molecular formula is C16H21NO3. The van der Waals surface area contributed by atoms with Gasteiger partial charge in [-0.1, -0.05) is 12.1 Å². The van der Waals surface area contributed by atoms with Gasteiger partial charge >= 0.3 is 0 Å². The van der Waals surface area contributed by atoms with E-state index >= 15 is 0 Å². The summed E-state index contributed by atoms with van der Waals surface area (Å²) in [6.45, 7) is 6.82. The standard InChI is InChI=1S/C16H21NO3/c1-12-5-6-13(16(2)19-9-10-20-16)11-14(12)15(18)17-7-3-4-8-17/h5-6,11H,3-4,7-10H2,1-2H3. The summed E-state index contributed by atoms with van der Waals surface area (Å²) < 4.78 is 11.4. The fourth-order valence-electron chi connectivity index (χ4n) is 2.91. The van der Waals surface area contributed by atoms with Crippen LogP contribution in [0.2, 0.25) is 0 Å². The van der Waals surface area contributed by atoms with Gasteiger partial charge in [0.25, 0.3) is 5.91 Å². The highest BCUT2D eigenvalue weighted by atomic mass is 16.7. The maximum atomic E-state index is 12.6. The third-order valence-electron chi connectivity index (χ3n) is 4.22. The molecule has 0 saturated carbocycles. The minimum absolute atomic E-state index is 0.128. The number of benzene rings is 1. The summed E-state index contributed by atoms with van der Waals surface area (Å²) in [7, 11) is 0. The molecule has 2 saturated heterocycles. The van der Waals surface area contributed by atoms with Gasteiger partial charge in [-0.2, -0.15) is 0 Å². The number of carbonyl (C=O) groups is 1. The molecule has 1 amide bonds. The van der Waals surface area contributed by atoms with Crippen LogP contribution in [0, 0.1) is 6.92 Å². The minimum atomic E-state index is -0.715. The van der Waals surface area contributed by atoms with Gasteiger partial charge in [-0.15, -0.1) is 0 Å². The molecule has 20 heavy (non-hydrogen) atoms. The average Bonchev–Trinajstić information content (AvgIpc) is 3.10. The lowest BCUT2D eigenvalue weighted by molar-refractivity contribution is -0.149. The molecule has 0 spiro atoms. The van der Waals surface area contributed by atoms with E-state index < -0.39 is 5.79 Å². The van der Waals surface area contributed by atoms with Gasteiger partial charge in [0.05, 0.1) is 13.2 Å². The SMILES string of the molecule is Cc1ccc(C2(C)OCCO2)cc1C(=O)N1CCCC1. The molecule has 108 valence electrons. The molecule has 4 heteroatoms. The van der Waals surface area contributed by atoms with Crippen molar-refractivity contribution in [1.29, 1.82) is 0 Å². The predicted octanol–water partition coefficient (Wildman–Crippen LogP) is 2.45. The first-order valence-corrected chi connectivity index (χ1v) is 7.28. The molecule has 2 aliphatic heterocycles. The molecule has 2 fully saturated rings. The lowest BCUT2D eigenvalue weighted by Crippen LogP contribution is -2.29. The number of carbonyl (C=O) groups excluding carboxylic acids is 1. The molecule has 0 aromatic heterocycles. The zero-order valence-corrected chi connectivity index (χ0v) is 12.1. The van der Waals surface area contributed by atoms with Crippen molar-refractivity contribution in [2.24, 2.45) is 0 Å². The minimum Gasteiger partial charge on any atom is -0.344 e. The number of hydrogen-bond acceptors (Lipinski definition) is 3. The van der Waals surface area contributed by atoms with Crippen LogP contribution in [-0.2, 0) is 15.3 Å². The molecular weight excluding hydrogens is 254 g/mol. The smallest absolute Gasteiger partial charge is 0.254 e. The van der Waals surface area contributed by atoms with Crippen LogP contribution in [0.3, 0.4) is 0 Å². The van der Waals surface area contributed by atoms with E-state index in [0.29, 0.717) is 13.2 Å². The topological polar surface area (TPSA) is 38.8 Å². The monoisotopic (exact) mass is 275 g/mol. The van der Waals surface area contributed by atoms with Gasteiger partial charge in [0.1, 0.15) is 0 Å². The van der Waals surface area contributed by atoms with Crippen molar-refractivity contribution >= 4 is 5.91 Å². The second kappa shape index (κ2) is 5.19. The molecule has 0 aliphatic carbocycles. The lowest BCUT2D eigenvalue weighted by atomic mass is 9.99. The highest BCUT2D eigenvalue weighted by Crippen LogP contribution is 2.32. The number of ether oxygens (including phenoxy) is 2. The second-order valence-corrected chi connectivity index (χ2v) is 5.67. The van der Waals surface area contributed by atoms with Crippen molar-refractivity contribution in [3.8, 4) is 0 Å². The quantitative estimate of drug-likeness (QED) is 0.832. The molecule has 1 aromatic carbocycles. The Kier molecular flexibility index (Phi) is 3.52. The first kappa shape index (κ1) is 13.6. The number of likely N-dealkylation sites (tertiary alicyclic amines) is 1. The van der Waals surface area contributed by atoms with Crippen LogP contribution in [0.1, 0.15) is 41.3 Å². The van der Waals surface area contributed by atoms with Gasteiger partial charge in [-0.3, -0.25) is 4.79 Å². The van der Waals surface area contributed by atoms with Gasteiger partial charge in [0, 0.05) is 24.2 Å². The van der Waals surface area contributed by atoms with Crippen LogP contribution in [0.25, 0.3) is 0 Å². The van der Waals surface area contributed by atoms with Gasteiger partial charge in [0.2, 0.25) is 0 Å². The van der Waals surface area contributed by atoms with Crippen LogP contribution in [0.15, 0.2) is 18.2 Å². The molecule has 4 nitrogen and oxygen atoms in total. The molecule has 0 unspecified atom stereocenters. The first-order chi connectivity index (χ1) is 9.60. The molecule has 3 rings (SSSR count). The van der Waals surface area contributed by atoms with Crippen molar-refractivity contribution in [2.75, 3.05) is 26.3 Å². The van der Waals surface area contributed by atoms with Crippen molar-refractivity contribution in [1.82, 2.24) is 4.90 Å². The van der Waals surface area contributed by atoms with E-state index in [1.165, 1.54) is 0 Å². The molecule has 0 radical (unpaired) electrons. The van der Waals surface area contributed by atoms with Gasteiger partial charge in [-0.25, -0.2) is 0 Å². The van der Waals surface area contributed by atoms with E-state index in [2.05, 4.69) is 0 Å². The highest BCUT2D eigenvalue weighted by Gasteiger charge is 2.34. The molecule has 1 aromatic rings. The summed E-state index contributed by atoms with van der Waals surface area (Å²) in [5.74, 6) is -0.586. The largest absolute Gasteiger partial charge is 0.344 e. The predicted molar refractivity (Wildman–Crippen MR) is 75.6 cm³/mol. The van der Waals surface area contributed by atoms with E-state index in [4.69, 9.17) is 9.47 Å². The Balaban J connectivity index is 1.92. The summed E-state index contributed by atoms with van der Waals surface area (Å²) in [4.78, 5) is 14.5. The van der Waals surface area contributed by atoms with E-state index in [1.807, 2.05) is 36.9 Å². The molecule has 0 N–H and O–H groups in total. The van der Waals surface area contributed by atoms with Crippen molar-refractivity contribution in [3.05, 3.63) is 34.9 Å². The van der Waals surface area contributed by atoms with E-state index in [1.54, 1.807) is 0 Å². The molecule has 0 bridgehead atoms. The van der Waals surface area contributed by atoms with Crippen LogP contribution in [0.5, 0.6) is 0 Å². The van der Waals surface area contributed by atoms with Crippen molar-refractivity contribution in [2.45, 2.75) is 32.5 Å². The third-order valence-corrected chi connectivity index (χ3v) is 4.22. The fourth-order valence-corrected chi connectivity index (χ4v) is 2.91. The Bertz CT molecular complexity index is 514. The number of rotatable bonds is 2. The fraction of sp³-hybridized carbons (Fsp3) is 0.562. The Morgan fingerprint density at radius 2 is 1.85 bits per heavy atom. The normalized spacial score (nSPS) is 21.4. The number of aryl methyl sites for hydroxylation is 1. The summed E-state index contributed by atoms with van der Waals surface area (Å²) in [5.41, 5.74) is 2.69. The Morgan fingerprint density at radius 1 is 1.20 bits per heavy atom. The summed E-state index contributed by atoms with van der Waals surface area (Å²) in [6.07, 6.45) is 2.21. The van der Waals surface area contributed by atoms with E-state index in [-0.39, 0.29) is 5.91 Å². The summed E-state index contributed by atoms with van der Waals surface area (Å²) in [5, 5.41) is 0. The first-order valence-electron chi connectivity index (χ1n) is 7.28. The van der Waals surface area contributed by atoms with Crippen LogP contribution >= 0.6 is 0 Å². The molecule has 2 heterocycles. The zero-order chi connectivity index (χ0) is 14.2. The summed E-state index contributed by atoms with van der Waals surface area (Å²) >= 11 is 0. The van der Waals surface area contributed by atoms with E-state index in [9.17, 15) is 4.79 Å². The van der Waals surface area contributed by atoms with Gasteiger partial charge < -0.3 is 14.4 Å². The number of nitrogens with zero attached hydrogens (tertiary/aromatic N) is 1. The summed E-state index contributed by atoms with van der Waals surface area (Å²) in [6, 6.07) is 5.90. The third kappa shape index (κ3) is 2.34. The molecule has 0 atom stereocenters. The van der Waals surface area contributed by atoms with Crippen molar-refractivity contribution in [3.63, 3.8) is 0 Å². The number of amides is 1. The molecule has 2 aliphatic rings. The van der Waals surface area contributed by atoms with Crippen LogP contribution in [-0.4, -0.2) is 37.1 Å². The second-order valence-electron chi connectivity index (χ2n) is 5.67. The maximum absolute atomic E-state index is 12.6. The Hall–Kier alpha value is -1.39. The lowest BCUT2D eigenvalue weighted by Gasteiger charge is -2.24. The average molecular weight is 275 g/mol. The van der Waals surface area contributed by atoms with E-state index in [0.717, 1.165) is 42.6 Å².